The fraction of sp³-hybridized carbons (Fsp3) is 0.684. The summed E-state index contributed by atoms with van der Waals surface area (Å²) in [7, 11) is 0.0355. The van der Waals surface area contributed by atoms with Crippen LogP contribution in [0.25, 0.3) is 0 Å². The topological polar surface area (TPSA) is 0 Å². The van der Waals surface area contributed by atoms with Crippen molar-refractivity contribution in [3.05, 3.63) is 35.9 Å². The van der Waals surface area contributed by atoms with Gasteiger partial charge in [0, 0.05) is 13.3 Å². The molecule has 0 atom stereocenters. The summed E-state index contributed by atoms with van der Waals surface area (Å²) in [6.07, 6.45) is 15.8. The van der Waals surface area contributed by atoms with E-state index in [4.69, 9.17) is 0 Å². The van der Waals surface area contributed by atoms with E-state index in [-0.39, 0.29) is 24.9 Å². The van der Waals surface area contributed by atoms with Crippen molar-refractivity contribution in [2.75, 3.05) is 19.5 Å². The third-order valence-corrected chi connectivity index (χ3v) is 5.34. The molecule has 0 N–H and O–H groups in total. The zero-order valence-corrected chi connectivity index (χ0v) is 16.6. The molecular weight excluding hydrogens is 339 g/mol. The minimum absolute atomic E-state index is 0. The number of unbranched alkanes of at least 4 members (excludes halogenated alkanes) is 8. The van der Waals surface area contributed by atoms with Gasteiger partial charge >= 0.3 is 0 Å². The molecule has 0 amide bonds. The van der Waals surface area contributed by atoms with E-state index in [0.717, 1.165) is 0 Å². The molecule has 0 fully saturated rings. The number of rotatable bonds is 12. The van der Waals surface area contributed by atoms with E-state index in [1.165, 1.54) is 75.9 Å². The Labute approximate surface area is 144 Å². The van der Waals surface area contributed by atoms with Crippen LogP contribution >= 0.6 is 7.92 Å². The quantitative estimate of drug-likeness (QED) is 0.390. The Hall–Kier alpha value is 0.130. The third-order valence-electron chi connectivity index (χ3n) is 3.99. The highest BCUT2D eigenvalue weighted by Crippen LogP contribution is 2.26. The summed E-state index contributed by atoms with van der Waals surface area (Å²) in [5.74, 6) is 0. The molecule has 0 aliphatic carbocycles. The zero-order chi connectivity index (χ0) is 14.5. The Kier molecular flexibility index (Phi) is 15.1. The second kappa shape index (κ2) is 15.0. The van der Waals surface area contributed by atoms with E-state index in [2.05, 4.69) is 43.7 Å². The minimum Gasteiger partial charge on any atom is -1.00 e. The maximum atomic E-state index is 2.43. The summed E-state index contributed by atoms with van der Waals surface area (Å²) in [4.78, 5) is 0. The monoisotopic (exact) mass is 372 g/mol. The lowest BCUT2D eigenvalue weighted by Crippen LogP contribution is -3.00. The van der Waals surface area contributed by atoms with Gasteiger partial charge in [-0.3, -0.25) is 0 Å². The first kappa shape index (κ1) is 21.1. The largest absolute Gasteiger partial charge is 1.00 e. The predicted octanol–water partition coefficient (Wildman–Crippen LogP) is 3.22. The lowest BCUT2D eigenvalue weighted by molar-refractivity contribution is -0.00000439. The molecular formula is C19H34BrP. The van der Waals surface area contributed by atoms with Crippen molar-refractivity contribution in [1.82, 2.24) is 0 Å². The van der Waals surface area contributed by atoms with Gasteiger partial charge in [-0.15, -0.1) is 0 Å². The lowest BCUT2D eigenvalue weighted by Gasteiger charge is -2.03. The molecule has 0 nitrogen and oxygen atoms in total. The van der Waals surface area contributed by atoms with Gasteiger partial charge < -0.3 is 17.0 Å². The van der Waals surface area contributed by atoms with E-state index in [1.54, 1.807) is 0 Å². The van der Waals surface area contributed by atoms with Crippen LogP contribution in [-0.2, 0) is 6.42 Å². The molecule has 0 unspecified atom stereocenters. The van der Waals surface area contributed by atoms with Crippen LogP contribution in [0.4, 0.5) is 0 Å². The summed E-state index contributed by atoms with van der Waals surface area (Å²) in [5.41, 5.74) is 1.50. The summed E-state index contributed by atoms with van der Waals surface area (Å²) in [6.45, 7) is 4.86. The standard InChI is InChI=1S/C19H33P.BrH/c1-20(2)18-14-9-7-5-3-4-6-8-11-15-19-16-12-10-13-17-19;/h10,12-13,16-17H,3-9,11,14-15,18H2,1-2H3;1H. The van der Waals surface area contributed by atoms with Crippen molar-refractivity contribution in [3.8, 4) is 0 Å². The molecule has 1 aromatic carbocycles. The maximum absolute atomic E-state index is 2.43. The Bertz CT molecular complexity index is 311. The molecule has 1 rings (SSSR count). The highest BCUT2D eigenvalue weighted by molar-refractivity contribution is 7.55. The van der Waals surface area contributed by atoms with Crippen LogP contribution in [0.5, 0.6) is 0 Å². The first-order valence-electron chi connectivity index (χ1n) is 8.62. The van der Waals surface area contributed by atoms with Gasteiger partial charge in [0.15, 0.2) is 0 Å². The molecule has 0 spiro atoms. The Morgan fingerprint density at radius 2 is 1.14 bits per heavy atom. The SMILES string of the molecule is C[PH+](C)CCCCCCCCCCCc1ccccc1.[Br-]. The normalized spacial score (nSPS) is 10.6. The minimum atomic E-state index is 0. The van der Waals surface area contributed by atoms with Gasteiger partial charge in [0.05, 0.1) is 6.16 Å². The van der Waals surface area contributed by atoms with E-state index in [1.807, 2.05) is 0 Å². The molecule has 122 valence electrons. The Morgan fingerprint density at radius 1 is 0.667 bits per heavy atom. The van der Waals surface area contributed by atoms with Crippen LogP contribution in [0.1, 0.15) is 63.4 Å². The van der Waals surface area contributed by atoms with Crippen LogP contribution in [0, 0.1) is 0 Å². The number of aryl methyl sites for hydroxylation is 1. The van der Waals surface area contributed by atoms with Crippen LogP contribution in [0.3, 0.4) is 0 Å². The van der Waals surface area contributed by atoms with Gasteiger partial charge in [0.1, 0.15) is 0 Å². The molecule has 0 saturated carbocycles. The molecule has 0 saturated heterocycles. The van der Waals surface area contributed by atoms with Gasteiger partial charge in [0.25, 0.3) is 0 Å². The predicted molar refractivity (Wildman–Crippen MR) is 96.7 cm³/mol. The molecule has 0 heterocycles. The molecule has 21 heavy (non-hydrogen) atoms. The van der Waals surface area contributed by atoms with Gasteiger partial charge in [-0.25, -0.2) is 0 Å². The first-order valence-corrected chi connectivity index (χ1v) is 11.3. The summed E-state index contributed by atoms with van der Waals surface area (Å²) >= 11 is 0. The van der Waals surface area contributed by atoms with Gasteiger partial charge in [-0.05, 0) is 39.2 Å². The smallest absolute Gasteiger partial charge is 0.0566 e. The van der Waals surface area contributed by atoms with Gasteiger partial charge in [-0.2, -0.15) is 0 Å². The highest BCUT2D eigenvalue weighted by atomic mass is 79.9. The number of hydrogen-bond donors (Lipinski definition) is 0. The summed E-state index contributed by atoms with van der Waals surface area (Å²) in [5, 5.41) is 0. The number of benzene rings is 1. The Balaban J connectivity index is 0.00000400. The second-order valence-electron chi connectivity index (χ2n) is 6.37. The zero-order valence-electron chi connectivity index (χ0n) is 14.0. The van der Waals surface area contributed by atoms with E-state index in [9.17, 15) is 0 Å². The van der Waals surface area contributed by atoms with Crippen molar-refractivity contribution in [2.45, 2.75) is 64.2 Å². The highest BCUT2D eigenvalue weighted by Gasteiger charge is 1.99. The fourth-order valence-electron chi connectivity index (χ4n) is 2.69. The van der Waals surface area contributed by atoms with E-state index >= 15 is 0 Å². The van der Waals surface area contributed by atoms with Crippen molar-refractivity contribution in [1.29, 1.82) is 0 Å². The summed E-state index contributed by atoms with van der Waals surface area (Å²) in [6, 6.07) is 10.9. The van der Waals surface area contributed by atoms with Gasteiger partial charge in [0.2, 0.25) is 0 Å². The molecule has 0 aromatic heterocycles. The molecule has 0 radical (unpaired) electrons. The van der Waals surface area contributed by atoms with Crippen LogP contribution in [0.15, 0.2) is 30.3 Å². The van der Waals surface area contributed by atoms with Crippen molar-refractivity contribution in [3.63, 3.8) is 0 Å². The fourth-order valence-corrected chi connectivity index (χ4v) is 3.65. The van der Waals surface area contributed by atoms with Crippen molar-refractivity contribution < 1.29 is 17.0 Å². The molecule has 2 heteroatoms. The number of halogens is 1. The van der Waals surface area contributed by atoms with Gasteiger partial charge in [-0.1, -0.05) is 68.9 Å². The Morgan fingerprint density at radius 3 is 1.67 bits per heavy atom. The van der Waals surface area contributed by atoms with Crippen molar-refractivity contribution >= 4 is 7.92 Å². The lowest BCUT2D eigenvalue weighted by atomic mass is 10.0. The van der Waals surface area contributed by atoms with Crippen LogP contribution in [-0.4, -0.2) is 19.5 Å². The average Bonchev–Trinajstić information content (AvgIpc) is 2.45. The second-order valence-corrected chi connectivity index (χ2v) is 9.29. The molecule has 0 aliphatic rings. The molecule has 0 aliphatic heterocycles. The molecule has 0 bridgehead atoms. The average molecular weight is 373 g/mol. The van der Waals surface area contributed by atoms with E-state index in [0.29, 0.717) is 0 Å². The number of hydrogen-bond acceptors (Lipinski definition) is 0. The summed E-state index contributed by atoms with van der Waals surface area (Å²) < 4.78 is 0. The van der Waals surface area contributed by atoms with Crippen molar-refractivity contribution in [2.24, 2.45) is 0 Å². The van der Waals surface area contributed by atoms with Crippen LogP contribution < -0.4 is 17.0 Å². The first-order chi connectivity index (χ1) is 9.79. The van der Waals surface area contributed by atoms with Crippen LogP contribution in [0.2, 0.25) is 0 Å². The third kappa shape index (κ3) is 13.5. The molecule has 1 aromatic rings. The maximum Gasteiger partial charge on any atom is 0.0566 e. The van der Waals surface area contributed by atoms with E-state index < -0.39 is 0 Å².